The smallest absolute Gasteiger partial charge is 0.185 e. The standard InChI is InChI=1S/C21H30N6O/c1-13-19(23)20(26-21(25-13)28-2)24-11-14-3-4-17(16(9-14)10-22)18-12-27-7-5-15(18)6-8-27/h3-4,9,15,18,20-21,24-26H,5-8,11-12,23H2,1-2H3. The second kappa shape index (κ2) is 8.10. The molecule has 150 valence electrons. The van der Waals surface area contributed by atoms with Crippen molar-refractivity contribution < 1.29 is 4.74 Å². The van der Waals surface area contributed by atoms with E-state index in [-0.39, 0.29) is 12.5 Å². The first-order valence-corrected chi connectivity index (χ1v) is 10.1. The largest absolute Gasteiger partial charge is 0.398 e. The van der Waals surface area contributed by atoms with Gasteiger partial charge in [-0.25, -0.2) is 0 Å². The summed E-state index contributed by atoms with van der Waals surface area (Å²) in [4.78, 5) is 2.54. The van der Waals surface area contributed by atoms with Crippen LogP contribution in [0.1, 0.15) is 42.4 Å². The molecule has 5 N–H and O–H groups in total. The van der Waals surface area contributed by atoms with Crippen LogP contribution in [0, 0.1) is 17.2 Å². The number of nitriles is 1. The van der Waals surface area contributed by atoms with Crippen LogP contribution in [0.2, 0.25) is 0 Å². The number of piperidine rings is 3. The van der Waals surface area contributed by atoms with Crippen LogP contribution in [-0.4, -0.2) is 44.2 Å². The lowest BCUT2D eigenvalue weighted by molar-refractivity contribution is 0.0358. The maximum Gasteiger partial charge on any atom is 0.185 e. The summed E-state index contributed by atoms with van der Waals surface area (Å²) >= 11 is 0. The fourth-order valence-corrected chi connectivity index (χ4v) is 4.75. The Bertz CT molecular complexity index is 793. The zero-order valence-corrected chi connectivity index (χ0v) is 16.7. The van der Waals surface area contributed by atoms with E-state index in [1.807, 2.05) is 13.0 Å². The number of nitrogens with zero attached hydrogens (tertiary/aromatic N) is 2. The van der Waals surface area contributed by atoms with Crippen molar-refractivity contribution in [3.8, 4) is 6.07 Å². The molecular formula is C21H30N6O. The molecule has 2 bridgehead atoms. The summed E-state index contributed by atoms with van der Waals surface area (Å²) in [5, 5.41) is 19.6. The van der Waals surface area contributed by atoms with Gasteiger partial charge in [0.2, 0.25) is 0 Å². The first-order chi connectivity index (χ1) is 13.6. The highest BCUT2D eigenvalue weighted by Gasteiger charge is 2.36. The molecule has 0 aliphatic carbocycles. The summed E-state index contributed by atoms with van der Waals surface area (Å²) < 4.78 is 5.34. The number of fused-ring (bicyclic) bond motifs is 3. The normalized spacial score (nSPS) is 32.1. The van der Waals surface area contributed by atoms with Crippen LogP contribution in [0.15, 0.2) is 29.6 Å². The molecule has 7 nitrogen and oxygen atoms in total. The molecule has 5 rings (SSSR count). The molecule has 1 aromatic rings. The maximum atomic E-state index is 9.76. The summed E-state index contributed by atoms with van der Waals surface area (Å²) in [7, 11) is 1.64. The van der Waals surface area contributed by atoms with E-state index in [1.54, 1.807) is 7.11 Å². The van der Waals surface area contributed by atoms with Gasteiger partial charge >= 0.3 is 0 Å². The van der Waals surface area contributed by atoms with Crippen molar-refractivity contribution in [1.82, 2.24) is 20.9 Å². The third-order valence-electron chi connectivity index (χ3n) is 6.45. The van der Waals surface area contributed by atoms with Crippen molar-refractivity contribution in [1.29, 1.82) is 5.26 Å². The van der Waals surface area contributed by atoms with Crippen molar-refractivity contribution in [2.75, 3.05) is 26.7 Å². The molecule has 4 aliphatic heterocycles. The van der Waals surface area contributed by atoms with Gasteiger partial charge in [-0.3, -0.25) is 10.6 Å². The van der Waals surface area contributed by atoms with Gasteiger partial charge in [0.25, 0.3) is 0 Å². The number of benzene rings is 1. The number of rotatable bonds is 5. The van der Waals surface area contributed by atoms with Gasteiger partial charge in [0.1, 0.15) is 6.17 Å². The van der Waals surface area contributed by atoms with Gasteiger partial charge < -0.3 is 20.7 Å². The second-order valence-corrected chi connectivity index (χ2v) is 8.10. The first kappa shape index (κ1) is 19.2. The third-order valence-corrected chi connectivity index (χ3v) is 6.45. The molecule has 0 aromatic heterocycles. The van der Waals surface area contributed by atoms with Crippen LogP contribution in [0.5, 0.6) is 0 Å². The topological polar surface area (TPSA) is 98.4 Å². The molecule has 1 aromatic carbocycles. The van der Waals surface area contributed by atoms with E-state index in [4.69, 9.17) is 10.5 Å². The van der Waals surface area contributed by atoms with Gasteiger partial charge in [-0.1, -0.05) is 12.1 Å². The van der Waals surface area contributed by atoms with Crippen LogP contribution in [0.3, 0.4) is 0 Å². The Hall–Kier alpha value is -2.11. The number of methoxy groups -OCH3 is 1. The Morgan fingerprint density at radius 2 is 2.14 bits per heavy atom. The highest BCUT2D eigenvalue weighted by atomic mass is 16.5. The van der Waals surface area contributed by atoms with Gasteiger partial charge in [-0.05, 0) is 56.0 Å². The minimum absolute atomic E-state index is 0.182. The molecule has 28 heavy (non-hydrogen) atoms. The quantitative estimate of drug-likeness (QED) is 0.605. The third kappa shape index (κ3) is 3.74. The molecule has 0 spiro atoms. The Morgan fingerprint density at radius 3 is 2.79 bits per heavy atom. The lowest BCUT2D eigenvalue weighted by atomic mass is 9.74. The predicted octanol–water partition coefficient (Wildman–Crippen LogP) is 1.10. The minimum atomic E-state index is -0.279. The molecule has 3 saturated heterocycles. The minimum Gasteiger partial charge on any atom is -0.398 e. The van der Waals surface area contributed by atoms with Crippen molar-refractivity contribution in [2.24, 2.45) is 11.7 Å². The van der Waals surface area contributed by atoms with Gasteiger partial charge in [0, 0.05) is 31.8 Å². The first-order valence-electron chi connectivity index (χ1n) is 10.1. The number of ether oxygens (including phenoxy) is 1. The molecule has 3 fully saturated rings. The van der Waals surface area contributed by atoms with Gasteiger partial charge in [0.05, 0.1) is 17.3 Å². The molecule has 3 atom stereocenters. The van der Waals surface area contributed by atoms with Crippen molar-refractivity contribution in [3.63, 3.8) is 0 Å². The molecule has 0 radical (unpaired) electrons. The van der Waals surface area contributed by atoms with Gasteiger partial charge in [-0.2, -0.15) is 5.26 Å². The second-order valence-electron chi connectivity index (χ2n) is 8.10. The van der Waals surface area contributed by atoms with Crippen molar-refractivity contribution >= 4 is 0 Å². The van der Waals surface area contributed by atoms with Crippen molar-refractivity contribution in [2.45, 2.75) is 44.7 Å². The van der Waals surface area contributed by atoms with Crippen molar-refractivity contribution in [3.05, 3.63) is 46.3 Å². The van der Waals surface area contributed by atoms with E-state index in [1.165, 1.54) is 31.5 Å². The molecule has 7 heteroatoms. The van der Waals surface area contributed by atoms with Crippen LogP contribution >= 0.6 is 0 Å². The fourth-order valence-electron chi connectivity index (χ4n) is 4.75. The zero-order valence-electron chi connectivity index (χ0n) is 16.7. The van der Waals surface area contributed by atoms with E-state index in [9.17, 15) is 5.26 Å². The average molecular weight is 383 g/mol. The lowest BCUT2D eigenvalue weighted by Gasteiger charge is -2.45. The Balaban J connectivity index is 1.46. The van der Waals surface area contributed by atoms with E-state index in [0.29, 0.717) is 12.5 Å². The Labute approximate surface area is 166 Å². The van der Waals surface area contributed by atoms with E-state index in [0.717, 1.165) is 35.0 Å². The molecule has 0 amide bonds. The van der Waals surface area contributed by atoms with Crippen LogP contribution in [0.4, 0.5) is 0 Å². The number of nitrogens with one attached hydrogen (secondary N) is 3. The maximum absolute atomic E-state index is 9.76. The Morgan fingerprint density at radius 1 is 1.36 bits per heavy atom. The van der Waals surface area contributed by atoms with E-state index >= 15 is 0 Å². The van der Waals surface area contributed by atoms with E-state index in [2.05, 4.69) is 39.1 Å². The summed E-state index contributed by atoms with van der Waals surface area (Å²) in [6, 6.07) is 8.77. The van der Waals surface area contributed by atoms with E-state index < -0.39 is 0 Å². The SMILES string of the molecule is COC1NC(C)=C(N)C(NCc2ccc(C3CN4CCC3CC4)c(C#N)c2)N1. The fraction of sp³-hybridized carbons (Fsp3) is 0.571. The number of hydrogen-bond acceptors (Lipinski definition) is 7. The van der Waals surface area contributed by atoms with Gasteiger partial charge in [-0.15, -0.1) is 0 Å². The molecule has 0 saturated carbocycles. The van der Waals surface area contributed by atoms with Crippen LogP contribution < -0.4 is 21.7 Å². The highest BCUT2D eigenvalue weighted by molar-refractivity contribution is 5.43. The molecule has 3 unspecified atom stereocenters. The molecule has 4 aliphatic rings. The number of hydrogen-bond donors (Lipinski definition) is 4. The lowest BCUT2D eigenvalue weighted by Crippen LogP contribution is -2.59. The summed E-state index contributed by atoms with van der Waals surface area (Å²) in [6.07, 6.45) is 2.05. The Kier molecular flexibility index (Phi) is 5.56. The average Bonchev–Trinajstić information content (AvgIpc) is 2.75. The molecular weight excluding hydrogens is 352 g/mol. The monoisotopic (exact) mass is 382 g/mol. The highest BCUT2D eigenvalue weighted by Crippen LogP contribution is 2.40. The summed E-state index contributed by atoms with van der Waals surface area (Å²) in [5.41, 5.74) is 10.9. The van der Waals surface area contributed by atoms with Crippen LogP contribution in [0.25, 0.3) is 0 Å². The summed E-state index contributed by atoms with van der Waals surface area (Å²) in [5.74, 6) is 1.22. The number of nitrogens with two attached hydrogens (primary N) is 1. The zero-order chi connectivity index (χ0) is 19.7. The predicted molar refractivity (Wildman–Crippen MR) is 108 cm³/mol. The van der Waals surface area contributed by atoms with Crippen LogP contribution in [-0.2, 0) is 11.3 Å². The number of allylic oxidation sites excluding steroid dienone is 1. The molecule has 4 heterocycles. The summed E-state index contributed by atoms with van der Waals surface area (Å²) in [6.45, 7) is 6.08. The van der Waals surface area contributed by atoms with Gasteiger partial charge in [0.15, 0.2) is 6.35 Å².